The summed E-state index contributed by atoms with van der Waals surface area (Å²) in [7, 11) is -3.64. The Hall–Kier alpha value is -3.24. The molecule has 33 heavy (non-hydrogen) atoms. The van der Waals surface area contributed by atoms with Gasteiger partial charge in [-0.15, -0.1) is 0 Å². The van der Waals surface area contributed by atoms with E-state index in [9.17, 15) is 22.8 Å². The molecule has 3 amide bonds. The lowest BCUT2D eigenvalue weighted by atomic mass is 10.1. The van der Waals surface area contributed by atoms with E-state index in [4.69, 9.17) is 0 Å². The van der Waals surface area contributed by atoms with Crippen molar-refractivity contribution in [3.05, 3.63) is 53.6 Å². The number of nitrogens with one attached hydrogen (secondary N) is 2. The largest absolute Gasteiger partial charge is 0.327 e. The summed E-state index contributed by atoms with van der Waals surface area (Å²) >= 11 is 0. The van der Waals surface area contributed by atoms with Crippen LogP contribution in [-0.2, 0) is 14.8 Å². The van der Waals surface area contributed by atoms with Crippen LogP contribution in [0.3, 0.4) is 0 Å². The summed E-state index contributed by atoms with van der Waals surface area (Å²) in [5.74, 6) is -0.939. The predicted molar refractivity (Wildman–Crippen MR) is 122 cm³/mol. The number of hydrogen-bond donors (Lipinski definition) is 2. The molecular weight excluding hydrogens is 444 g/mol. The second-order valence-corrected chi connectivity index (χ2v) is 10.4. The Morgan fingerprint density at radius 3 is 2.58 bits per heavy atom. The SMILES string of the molecule is O=C(Nc1ccc2c(c1)C(=O)N1CCC[C@H]1C(=O)N2)c1cccc(S(=O)(=O)N2CCCC2)c1. The summed E-state index contributed by atoms with van der Waals surface area (Å²) in [4.78, 5) is 40.0. The van der Waals surface area contributed by atoms with Crippen LogP contribution in [0, 0.1) is 0 Å². The van der Waals surface area contributed by atoms with Gasteiger partial charge in [-0.25, -0.2) is 8.42 Å². The van der Waals surface area contributed by atoms with Crippen LogP contribution in [0.15, 0.2) is 47.4 Å². The molecule has 1 atom stereocenters. The maximum Gasteiger partial charge on any atom is 0.256 e. The molecule has 0 aromatic heterocycles. The van der Waals surface area contributed by atoms with Crippen molar-refractivity contribution < 1.29 is 22.8 Å². The van der Waals surface area contributed by atoms with Crippen LogP contribution in [0.1, 0.15) is 46.4 Å². The van der Waals surface area contributed by atoms with Gasteiger partial charge in [-0.05, 0) is 62.1 Å². The Morgan fingerprint density at radius 1 is 1.00 bits per heavy atom. The van der Waals surface area contributed by atoms with E-state index in [-0.39, 0.29) is 22.3 Å². The van der Waals surface area contributed by atoms with E-state index in [1.54, 1.807) is 35.2 Å². The third-order valence-corrected chi connectivity index (χ3v) is 8.28. The van der Waals surface area contributed by atoms with Gasteiger partial charge in [0.05, 0.1) is 16.1 Å². The predicted octanol–water partition coefficient (Wildman–Crippen LogP) is 2.28. The Balaban J connectivity index is 1.39. The minimum atomic E-state index is -3.64. The van der Waals surface area contributed by atoms with Gasteiger partial charge in [0.2, 0.25) is 15.9 Å². The zero-order valence-electron chi connectivity index (χ0n) is 17.9. The van der Waals surface area contributed by atoms with E-state index < -0.39 is 22.0 Å². The fourth-order valence-corrected chi connectivity index (χ4v) is 6.20. The minimum absolute atomic E-state index is 0.0805. The smallest absolute Gasteiger partial charge is 0.256 e. The molecule has 0 saturated carbocycles. The van der Waals surface area contributed by atoms with Crippen LogP contribution in [-0.4, -0.2) is 61.0 Å². The normalized spacial score (nSPS) is 20.7. The maximum atomic E-state index is 13.0. The van der Waals surface area contributed by atoms with Crippen molar-refractivity contribution in [1.82, 2.24) is 9.21 Å². The second kappa shape index (κ2) is 8.27. The molecule has 2 aromatic carbocycles. The molecule has 0 bridgehead atoms. The van der Waals surface area contributed by atoms with Gasteiger partial charge in [0.15, 0.2) is 0 Å². The summed E-state index contributed by atoms with van der Waals surface area (Å²) in [6.45, 7) is 1.48. The zero-order chi connectivity index (χ0) is 23.2. The Bertz CT molecular complexity index is 1250. The van der Waals surface area contributed by atoms with Crippen LogP contribution in [0.5, 0.6) is 0 Å². The first kappa shape index (κ1) is 21.6. The number of amides is 3. The van der Waals surface area contributed by atoms with E-state index in [1.807, 2.05) is 0 Å². The zero-order valence-corrected chi connectivity index (χ0v) is 18.7. The first-order chi connectivity index (χ1) is 15.8. The lowest BCUT2D eigenvalue weighted by molar-refractivity contribution is -0.119. The molecule has 2 fully saturated rings. The molecule has 0 radical (unpaired) electrons. The number of fused-ring (bicyclic) bond motifs is 2. The van der Waals surface area contributed by atoms with E-state index in [2.05, 4.69) is 10.6 Å². The molecule has 2 N–H and O–H groups in total. The standard InChI is InChI=1S/C23H24N4O5S/c28-21(15-5-3-6-17(13-15)33(31,32)26-10-1-2-11-26)24-16-8-9-19-18(14-16)23(30)27-12-4-7-20(27)22(29)25-19/h3,5-6,8-9,13-14,20H,1-2,4,7,10-12H2,(H,24,28)(H,25,29)/t20-/m0/s1. The number of rotatable bonds is 4. The first-order valence-corrected chi connectivity index (χ1v) is 12.5. The fourth-order valence-electron chi connectivity index (χ4n) is 4.64. The second-order valence-electron chi connectivity index (χ2n) is 8.50. The molecule has 2 saturated heterocycles. The molecule has 10 heteroatoms. The third-order valence-electron chi connectivity index (χ3n) is 6.38. The summed E-state index contributed by atoms with van der Waals surface area (Å²) in [5, 5.41) is 5.54. The maximum absolute atomic E-state index is 13.0. The highest BCUT2D eigenvalue weighted by atomic mass is 32.2. The summed E-state index contributed by atoms with van der Waals surface area (Å²) in [6.07, 6.45) is 3.06. The number of carbonyl (C=O) groups is 3. The van der Waals surface area contributed by atoms with Gasteiger partial charge in [-0.3, -0.25) is 14.4 Å². The van der Waals surface area contributed by atoms with Crippen molar-refractivity contribution in [2.24, 2.45) is 0 Å². The number of carbonyl (C=O) groups excluding carboxylic acids is 3. The van der Waals surface area contributed by atoms with Crippen LogP contribution in [0.2, 0.25) is 0 Å². The molecule has 0 unspecified atom stereocenters. The fraction of sp³-hybridized carbons (Fsp3) is 0.348. The van der Waals surface area contributed by atoms with Gasteiger partial charge in [-0.2, -0.15) is 4.31 Å². The molecule has 0 aliphatic carbocycles. The highest BCUT2D eigenvalue weighted by molar-refractivity contribution is 7.89. The summed E-state index contributed by atoms with van der Waals surface area (Å²) in [5.41, 5.74) is 1.31. The first-order valence-electron chi connectivity index (χ1n) is 11.0. The molecule has 3 heterocycles. The Labute approximate surface area is 191 Å². The Kier molecular flexibility index (Phi) is 5.41. The summed E-state index contributed by atoms with van der Waals surface area (Å²) < 4.78 is 27.1. The van der Waals surface area contributed by atoms with Crippen molar-refractivity contribution in [2.45, 2.75) is 36.6 Å². The van der Waals surface area contributed by atoms with Gasteiger partial charge < -0.3 is 15.5 Å². The summed E-state index contributed by atoms with van der Waals surface area (Å²) in [6, 6.07) is 10.2. The average Bonchev–Trinajstić information content (AvgIpc) is 3.51. The number of sulfonamides is 1. The minimum Gasteiger partial charge on any atom is -0.327 e. The molecule has 3 aliphatic rings. The Morgan fingerprint density at radius 2 is 1.79 bits per heavy atom. The molecule has 3 aliphatic heterocycles. The highest BCUT2D eigenvalue weighted by Crippen LogP contribution is 2.30. The topological polar surface area (TPSA) is 116 Å². The van der Waals surface area contributed by atoms with E-state index in [1.165, 1.54) is 16.4 Å². The quantitative estimate of drug-likeness (QED) is 0.714. The van der Waals surface area contributed by atoms with Crippen molar-refractivity contribution in [3.63, 3.8) is 0 Å². The molecule has 5 rings (SSSR count). The lowest BCUT2D eigenvalue weighted by Gasteiger charge is -2.20. The van der Waals surface area contributed by atoms with Gasteiger partial charge in [-0.1, -0.05) is 6.07 Å². The van der Waals surface area contributed by atoms with Crippen LogP contribution in [0.4, 0.5) is 11.4 Å². The van der Waals surface area contributed by atoms with Gasteiger partial charge in [0.1, 0.15) is 6.04 Å². The number of hydrogen-bond acceptors (Lipinski definition) is 5. The van der Waals surface area contributed by atoms with Gasteiger partial charge in [0, 0.05) is 30.9 Å². The van der Waals surface area contributed by atoms with E-state index >= 15 is 0 Å². The van der Waals surface area contributed by atoms with Crippen LogP contribution < -0.4 is 10.6 Å². The number of anilines is 2. The van der Waals surface area contributed by atoms with Crippen molar-refractivity contribution >= 4 is 39.1 Å². The van der Waals surface area contributed by atoms with Crippen LogP contribution >= 0.6 is 0 Å². The molecule has 2 aromatic rings. The van der Waals surface area contributed by atoms with Crippen LogP contribution in [0.25, 0.3) is 0 Å². The van der Waals surface area contributed by atoms with E-state index in [0.29, 0.717) is 43.0 Å². The molecule has 0 spiro atoms. The number of nitrogens with zero attached hydrogens (tertiary/aromatic N) is 2. The van der Waals surface area contributed by atoms with Crippen molar-refractivity contribution in [3.8, 4) is 0 Å². The van der Waals surface area contributed by atoms with Gasteiger partial charge in [0.25, 0.3) is 11.8 Å². The highest BCUT2D eigenvalue weighted by Gasteiger charge is 2.38. The van der Waals surface area contributed by atoms with Gasteiger partial charge >= 0.3 is 0 Å². The van der Waals surface area contributed by atoms with E-state index in [0.717, 1.165) is 19.3 Å². The molecule has 9 nitrogen and oxygen atoms in total. The molecular formula is C23H24N4O5S. The average molecular weight is 469 g/mol. The lowest BCUT2D eigenvalue weighted by Crippen LogP contribution is -2.40. The van der Waals surface area contributed by atoms with Crippen molar-refractivity contribution in [1.29, 1.82) is 0 Å². The number of benzene rings is 2. The monoisotopic (exact) mass is 468 g/mol. The van der Waals surface area contributed by atoms with Crippen molar-refractivity contribution in [2.75, 3.05) is 30.3 Å². The third kappa shape index (κ3) is 3.89. The molecule has 172 valence electrons.